The summed E-state index contributed by atoms with van der Waals surface area (Å²) in [6.45, 7) is 0. The molecule has 1 atom stereocenters. The highest BCUT2D eigenvalue weighted by molar-refractivity contribution is 6.09. The molecule has 19 heavy (non-hydrogen) atoms. The average molecular weight is 255 g/mol. The van der Waals surface area contributed by atoms with Crippen molar-refractivity contribution in [1.82, 2.24) is 0 Å². The Balaban J connectivity index is 2.34. The Labute approximate surface area is 110 Å². The number of carbonyl (C=O) groups is 2. The van der Waals surface area contributed by atoms with Gasteiger partial charge in [-0.3, -0.25) is 9.59 Å². The second-order valence-corrected chi connectivity index (χ2v) is 4.14. The second kappa shape index (κ2) is 5.46. The molecule has 0 aliphatic rings. The summed E-state index contributed by atoms with van der Waals surface area (Å²) in [5.41, 5.74) is 6.94. The van der Waals surface area contributed by atoms with Crippen molar-refractivity contribution in [3.8, 4) is 0 Å². The molecule has 1 unspecified atom stereocenters. The monoisotopic (exact) mass is 255 g/mol. The first-order valence-corrected chi connectivity index (χ1v) is 5.77. The molecular weight excluding hydrogens is 242 g/mol. The summed E-state index contributed by atoms with van der Waals surface area (Å²) in [6, 6.07) is 14.1. The number of benzene rings is 2. The minimum Gasteiger partial charge on any atom is -0.480 e. The molecule has 0 heterocycles. The van der Waals surface area contributed by atoms with Crippen LogP contribution in [0.1, 0.15) is 27.5 Å². The number of hydrogen-bond donors (Lipinski definition) is 2. The summed E-state index contributed by atoms with van der Waals surface area (Å²) in [4.78, 5) is 23.0. The first-order chi connectivity index (χ1) is 9.09. The molecule has 0 aliphatic heterocycles. The number of carbonyl (C=O) groups excluding carboxylic acids is 1. The summed E-state index contributed by atoms with van der Waals surface area (Å²) in [5.74, 6) is -1.27. The van der Waals surface area contributed by atoms with Crippen LogP contribution in [0.5, 0.6) is 0 Å². The number of carboxylic acid groups (broad SMARTS) is 1. The van der Waals surface area contributed by atoms with Crippen LogP contribution in [0.25, 0.3) is 0 Å². The molecule has 4 nitrogen and oxygen atoms in total. The van der Waals surface area contributed by atoms with Crippen LogP contribution in [0.15, 0.2) is 54.6 Å². The van der Waals surface area contributed by atoms with E-state index < -0.39 is 12.0 Å². The fourth-order valence-corrected chi connectivity index (χ4v) is 1.77. The third-order valence-electron chi connectivity index (χ3n) is 2.81. The van der Waals surface area contributed by atoms with E-state index in [4.69, 9.17) is 10.8 Å². The van der Waals surface area contributed by atoms with Gasteiger partial charge in [-0.1, -0.05) is 48.5 Å². The van der Waals surface area contributed by atoms with Crippen LogP contribution in [0.3, 0.4) is 0 Å². The lowest BCUT2D eigenvalue weighted by Gasteiger charge is -2.08. The predicted octanol–water partition coefficient (Wildman–Crippen LogP) is 2.00. The molecule has 0 radical (unpaired) electrons. The highest BCUT2D eigenvalue weighted by atomic mass is 16.4. The summed E-state index contributed by atoms with van der Waals surface area (Å²) in [6.07, 6.45) is 0. The zero-order chi connectivity index (χ0) is 13.8. The van der Waals surface area contributed by atoms with E-state index >= 15 is 0 Å². The highest BCUT2D eigenvalue weighted by Gasteiger charge is 2.16. The van der Waals surface area contributed by atoms with Gasteiger partial charge in [-0.2, -0.15) is 0 Å². The number of ketones is 1. The number of hydrogen-bond acceptors (Lipinski definition) is 3. The van der Waals surface area contributed by atoms with Gasteiger partial charge in [-0.05, 0) is 11.6 Å². The molecule has 2 rings (SSSR count). The fraction of sp³-hybridized carbons (Fsp3) is 0.0667. The van der Waals surface area contributed by atoms with Gasteiger partial charge < -0.3 is 10.8 Å². The smallest absolute Gasteiger partial charge is 0.325 e. The van der Waals surface area contributed by atoms with Crippen molar-refractivity contribution in [3.63, 3.8) is 0 Å². The van der Waals surface area contributed by atoms with Crippen molar-refractivity contribution in [2.75, 3.05) is 0 Å². The minimum atomic E-state index is -1.12. The van der Waals surface area contributed by atoms with Gasteiger partial charge in [0, 0.05) is 11.1 Å². The van der Waals surface area contributed by atoms with Gasteiger partial charge in [0.1, 0.15) is 6.04 Å². The van der Waals surface area contributed by atoms with Gasteiger partial charge in [0.25, 0.3) is 0 Å². The summed E-state index contributed by atoms with van der Waals surface area (Å²) in [5, 5.41) is 8.87. The summed E-state index contributed by atoms with van der Waals surface area (Å²) >= 11 is 0. The van der Waals surface area contributed by atoms with Gasteiger partial charge in [-0.15, -0.1) is 0 Å². The van der Waals surface area contributed by atoms with E-state index in [0.29, 0.717) is 16.7 Å². The molecule has 0 spiro atoms. The van der Waals surface area contributed by atoms with Crippen molar-refractivity contribution in [2.45, 2.75) is 6.04 Å². The maximum atomic E-state index is 12.2. The number of nitrogens with two attached hydrogens (primary N) is 1. The Hall–Kier alpha value is -2.46. The van der Waals surface area contributed by atoms with Gasteiger partial charge >= 0.3 is 5.97 Å². The molecular formula is C15H13NO3. The minimum absolute atomic E-state index is 0.153. The van der Waals surface area contributed by atoms with Crippen LogP contribution in [-0.2, 0) is 4.79 Å². The number of aliphatic carboxylic acids is 1. The summed E-state index contributed by atoms with van der Waals surface area (Å²) < 4.78 is 0. The number of carboxylic acids is 1. The Morgan fingerprint density at radius 2 is 1.58 bits per heavy atom. The van der Waals surface area contributed by atoms with Crippen molar-refractivity contribution in [3.05, 3.63) is 71.3 Å². The molecule has 4 heteroatoms. The average Bonchev–Trinajstić information content (AvgIpc) is 2.46. The fourth-order valence-electron chi connectivity index (χ4n) is 1.77. The van der Waals surface area contributed by atoms with E-state index in [0.717, 1.165) is 0 Å². The van der Waals surface area contributed by atoms with E-state index in [9.17, 15) is 9.59 Å². The van der Waals surface area contributed by atoms with E-state index in [2.05, 4.69) is 0 Å². The topological polar surface area (TPSA) is 80.4 Å². The van der Waals surface area contributed by atoms with Gasteiger partial charge in [0.15, 0.2) is 5.78 Å². The lowest BCUT2D eigenvalue weighted by Crippen LogP contribution is -2.20. The van der Waals surface area contributed by atoms with Crippen LogP contribution in [0, 0.1) is 0 Å². The Morgan fingerprint density at radius 3 is 2.21 bits per heavy atom. The Bertz CT molecular complexity index is 608. The van der Waals surface area contributed by atoms with E-state index in [1.807, 2.05) is 6.07 Å². The van der Waals surface area contributed by atoms with Crippen molar-refractivity contribution in [2.24, 2.45) is 5.73 Å². The van der Waals surface area contributed by atoms with Crippen LogP contribution >= 0.6 is 0 Å². The van der Waals surface area contributed by atoms with Crippen LogP contribution in [-0.4, -0.2) is 16.9 Å². The first-order valence-electron chi connectivity index (χ1n) is 5.77. The third-order valence-corrected chi connectivity index (χ3v) is 2.81. The molecule has 0 bridgehead atoms. The molecule has 2 aromatic rings. The normalized spacial score (nSPS) is 11.8. The SMILES string of the molecule is NC(C(=O)O)c1cccc(C(=O)c2ccccc2)c1. The molecule has 0 saturated carbocycles. The van der Waals surface area contributed by atoms with Crippen LogP contribution < -0.4 is 5.73 Å². The third kappa shape index (κ3) is 2.86. The first kappa shape index (κ1) is 13.0. The maximum Gasteiger partial charge on any atom is 0.325 e. The predicted molar refractivity (Wildman–Crippen MR) is 70.9 cm³/mol. The van der Waals surface area contributed by atoms with Gasteiger partial charge in [-0.25, -0.2) is 0 Å². The zero-order valence-electron chi connectivity index (χ0n) is 10.1. The van der Waals surface area contributed by atoms with E-state index in [-0.39, 0.29) is 5.78 Å². The molecule has 2 aromatic carbocycles. The van der Waals surface area contributed by atoms with Gasteiger partial charge in [0.05, 0.1) is 0 Å². The zero-order valence-corrected chi connectivity index (χ0v) is 10.1. The quantitative estimate of drug-likeness (QED) is 0.819. The number of rotatable bonds is 4. The van der Waals surface area contributed by atoms with Gasteiger partial charge in [0.2, 0.25) is 0 Å². The van der Waals surface area contributed by atoms with E-state index in [1.54, 1.807) is 42.5 Å². The molecule has 0 saturated heterocycles. The lowest BCUT2D eigenvalue weighted by atomic mass is 9.99. The maximum absolute atomic E-state index is 12.2. The molecule has 3 N–H and O–H groups in total. The molecule has 96 valence electrons. The van der Waals surface area contributed by atoms with E-state index in [1.165, 1.54) is 6.07 Å². The molecule has 0 amide bonds. The van der Waals surface area contributed by atoms with Crippen molar-refractivity contribution < 1.29 is 14.7 Å². The van der Waals surface area contributed by atoms with Crippen LogP contribution in [0.4, 0.5) is 0 Å². The summed E-state index contributed by atoms with van der Waals surface area (Å²) in [7, 11) is 0. The molecule has 0 aromatic heterocycles. The standard InChI is InChI=1S/C15H13NO3/c16-13(15(18)19)11-7-4-8-12(9-11)14(17)10-5-2-1-3-6-10/h1-9,13H,16H2,(H,18,19). The largest absolute Gasteiger partial charge is 0.480 e. The Morgan fingerprint density at radius 1 is 0.947 bits per heavy atom. The van der Waals surface area contributed by atoms with Crippen molar-refractivity contribution >= 4 is 11.8 Å². The van der Waals surface area contributed by atoms with Crippen molar-refractivity contribution in [1.29, 1.82) is 0 Å². The lowest BCUT2D eigenvalue weighted by molar-refractivity contribution is -0.138. The second-order valence-electron chi connectivity index (χ2n) is 4.14. The Kier molecular flexibility index (Phi) is 3.73. The van der Waals surface area contributed by atoms with Crippen LogP contribution in [0.2, 0.25) is 0 Å². The highest BCUT2D eigenvalue weighted by Crippen LogP contribution is 2.16. The molecule has 0 aliphatic carbocycles. The molecule has 0 fully saturated rings.